The Morgan fingerprint density at radius 2 is 1.63 bits per heavy atom. The average molecular weight is 266 g/mol. The molecule has 3 aromatic rings. The molecule has 0 aliphatic carbocycles. The molecule has 5 heteroatoms. The van der Waals surface area contributed by atoms with Gasteiger partial charge in [-0.05, 0) is 23.1 Å². The summed E-state index contributed by atoms with van der Waals surface area (Å²) in [4.78, 5) is 0. The van der Waals surface area contributed by atoms with Gasteiger partial charge in [-0.2, -0.15) is 11.3 Å². The second-order valence-corrected chi connectivity index (χ2v) is 4.62. The van der Waals surface area contributed by atoms with Crippen LogP contribution >= 0.6 is 11.3 Å². The Labute approximate surface area is 114 Å². The monoisotopic (exact) mass is 266 g/mol. The van der Waals surface area contributed by atoms with E-state index in [1.165, 1.54) is 0 Å². The van der Waals surface area contributed by atoms with Crippen LogP contribution in [0.5, 0.6) is 0 Å². The fourth-order valence-corrected chi connectivity index (χ4v) is 2.18. The zero-order chi connectivity index (χ0) is 12.9. The highest BCUT2D eigenvalue weighted by Gasteiger charge is 2.02. The molecule has 2 aromatic heterocycles. The molecule has 0 bridgehead atoms. The van der Waals surface area contributed by atoms with Crippen molar-refractivity contribution in [2.24, 2.45) is 0 Å². The van der Waals surface area contributed by atoms with Gasteiger partial charge in [-0.15, -0.1) is 20.4 Å². The summed E-state index contributed by atoms with van der Waals surface area (Å²) >= 11 is 1.60. The smallest absolute Gasteiger partial charge is 0.152 e. The van der Waals surface area contributed by atoms with Crippen molar-refractivity contribution in [2.45, 2.75) is 0 Å². The molecular weight excluding hydrogens is 256 g/mol. The van der Waals surface area contributed by atoms with Crippen molar-refractivity contribution < 1.29 is 0 Å². The van der Waals surface area contributed by atoms with Crippen LogP contribution in [0, 0.1) is 0 Å². The standard InChI is InChI=1S/C14H10N4S/c1-2-4-11(5-3-1)6-7-13-15-17-14(18-16-13)12-8-9-19-10-12/h1-10H/b7-6+. The molecule has 0 amide bonds. The molecule has 4 nitrogen and oxygen atoms in total. The highest BCUT2D eigenvalue weighted by molar-refractivity contribution is 7.08. The van der Waals surface area contributed by atoms with Gasteiger partial charge < -0.3 is 0 Å². The highest BCUT2D eigenvalue weighted by atomic mass is 32.1. The van der Waals surface area contributed by atoms with Crippen molar-refractivity contribution in [2.75, 3.05) is 0 Å². The van der Waals surface area contributed by atoms with Crippen molar-refractivity contribution in [3.8, 4) is 11.4 Å². The molecule has 0 aliphatic heterocycles. The molecular formula is C14H10N4S. The van der Waals surface area contributed by atoms with Crippen LogP contribution in [0.25, 0.3) is 23.5 Å². The molecule has 0 radical (unpaired) electrons. The Bertz CT molecular complexity index is 660. The second kappa shape index (κ2) is 5.49. The van der Waals surface area contributed by atoms with Crippen LogP contribution in [0.3, 0.4) is 0 Å². The van der Waals surface area contributed by atoms with E-state index in [1.54, 1.807) is 17.4 Å². The lowest BCUT2D eigenvalue weighted by molar-refractivity contribution is 0.851. The lowest BCUT2D eigenvalue weighted by Gasteiger charge is -1.94. The molecule has 0 spiro atoms. The first kappa shape index (κ1) is 11.7. The summed E-state index contributed by atoms with van der Waals surface area (Å²) in [5.74, 6) is 1.06. The molecule has 0 N–H and O–H groups in total. The number of rotatable bonds is 3. The predicted molar refractivity (Wildman–Crippen MR) is 76.3 cm³/mol. The quantitative estimate of drug-likeness (QED) is 0.730. The molecule has 0 atom stereocenters. The maximum atomic E-state index is 4.07. The minimum absolute atomic E-state index is 0.503. The van der Waals surface area contributed by atoms with Crippen molar-refractivity contribution >= 4 is 23.5 Å². The van der Waals surface area contributed by atoms with E-state index in [1.807, 2.05) is 53.2 Å². The summed E-state index contributed by atoms with van der Waals surface area (Å²) in [6, 6.07) is 11.9. The van der Waals surface area contributed by atoms with Crippen LogP contribution < -0.4 is 0 Å². The lowest BCUT2D eigenvalue weighted by atomic mass is 10.2. The molecule has 3 rings (SSSR count). The molecule has 2 heterocycles. The van der Waals surface area contributed by atoms with E-state index >= 15 is 0 Å². The highest BCUT2D eigenvalue weighted by Crippen LogP contribution is 2.16. The van der Waals surface area contributed by atoms with E-state index < -0.39 is 0 Å². The lowest BCUT2D eigenvalue weighted by Crippen LogP contribution is -1.97. The van der Waals surface area contributed by atoms with Crippen molar-refractivity contribution in [3.63, 3.8) is 0 Å². The van der Waals surface area contributed by atoms with Gasteiger partial charge in [0.05, 0.1) is 0 Å². The number of aromatic nitrogens is 4. The zero-order valence-corrected chi connectivity index (χ0v) is 10.8. The first-order chi connectivity index (χ1) is 9.42. The van der Waals surface area contributed by atoms with E-state index in [2.05, 4.69) is 20.4 Å². The Hall–Kier alpha value is -2.40. The van der Waals surface area contributed by atoms with Crippen LogP contribution in [0.1, 0.15) is 11.4 Å². The predicted octanol–water partition coefficient (Wildman–Crippen LogP) is 3.17. The van der Waals surface area contributed by atoms with E-state index in [9.17, 15) is 0 Å². The fraction of sp³-hybridized carbons (Fsp3) is 0. The Kier molecular flexibility index (Phi) is 3.38. The molecule has 0 saturated carbocycles. The third kappa shape index (κ3) is 2.89. The van der Waals surface area contributed by atoms with Gasteiger partial charge >= 0.3 is 0 Å². The van der Waals surface area contributed by atoms with Gasteiger partial charge in [-0.3, -0.25) is 0 Å². The Morgan fingerprint density at radius 1 is 0.842 bits per heavy atom. The molecule has 0 fully saturated rings. The third-order valence-corrected chi connectivity index (χ3v) is 3.18. The van der Waals surface area contributed by atoms with Crippen LogP contribution in [-0.2, 0) is 0 Å². The average Bonchev–Trinajstić information content (AvgIpc) is 3.01. The van der Waals surface area contributed by atoms with E-state index in [0.29, 0.717) is 11.6 Å². The molecule has 19 heavy (non-hydrogen) atoms. The van der Waals surface area contributed by atoms with Crippen LogP contribution in [0.2, 0.25) is 0 Å². The largest absolute Gasteiger partial charge is 0.204 e. The molecule has 0 saturated heterocycles. The minimum Gasteiger partial charge on any atom is -0.152 e. The number of thiophene rings is 1. The fourth-order valence-electron chi connectivity index (χ4n) is 1.55. The van der Waals surface area contributed by atoms with Gasteiger partial charge in [0, 0.05) is 10.9 Å². The second-order valence-electron chi connectivity index (χ2n) is 3.84. The van der Waals surface area contributed by atoms with E-state index in [0.717, 1.165) is 11.1 Å². The summed E-state index contributed by atoms with van der Waals surface area (Å²) in [5, 5.41) is 20.2. The zero-order valence-electron chi connectivity index (χ0n) is 9.97. The normalized spacial score (nSPS) is 10.9. The summed E-state index contributed by atoms with van der Waals surface area (Å²) in [7, 11) is 0. The third-order valence-electron chi connectivity index (χ3n) is 2.50. The summed E-state index contributed by atoms with van der Waals surface area (Å²) in [6.07, 6.45) is 3.73. The van der Waals surface area contributed by atoms with E-state index in [-0.39, 0.29) is 0 Å². The van der Waals surface area contributed by atoms with Crippen LogP contribution in [0.4, 0.5) is 0 Å². The maximum Gasteiger partial charge on any atom is 0.204 e. The van der Waals surface area contributed by atoms with Gasteiger partial charge in [0.1, 0.15) is 0 Å². The molecule has 0 unspecified atom stereocenters. The van der Waals surface area contributed by atoms with Gasteiger partial charge in [0.25, 0.3) is 0 Å². The molecule has 0 aliphatic rings. The maximum absolute atomic E-state index is 4.07. The van der Waals surface area contributed by atoms with Crippen molar-refractivity contribution in [3.05, 3.63) is 58.5 Å². The number of hydrogen-bond donors (Lipinski definition) is 0. The number of hydrogen-bond acceptors (Lipinski definition) is 5. The number of nitrogens with zero attached hydrogens (tertiary/aromatic N) is 4. The van der Waals surface area contributed by atoms with E-state index in [4.69, 9.17) is 0 Å². The Morgan fingerprint density at radius 3 is 2.32 bits per heavy atom. The van der Waals surface area contributed by atoms with Gasteiger partial charge in [0.2, 0.25) is 5.82 Å². The van der Waals surface area contributed by atoms with Gasteiger partial charge in [-0.1, -0.05) is 36.4 Å². The summed E-state index contributed by atoms with van der Waals surface area (Å²) in [5.41, 5.74) is 2.04. The number of benzene rings is 1. The van der Waals surface area contributed by atoms with Crippen LogP contribution in [-0.4, -0.2) is 20.4 Å². The first-order valence-corrected chi connectivity index (χ1v) is 6.69. The summed E-state index contributed by atoms with van der Waals surface area (Å²) in [6.45, 7) is 0. The molecule has 1 aromatic carbocycles. The minimum atomic E-state index is 0.503. The topological polar surface area (TPSA) is 51.6 Å². The molecule has 92 valence electrons. The first-order valence-electron chi connectivity index (χ1n) is 5.75. The van der Waals surface area contributed by atoms with Gasteiger partial charge in [-0.25, -0.2) is 0 Å². The van der Waals surface area contributed by atoms with Crippen molar-refractivity contribution in [1.29, 1.82) is 0 Å². The SMILES string of the molecule is C(=C\c1nnc(-c2ccsc2)nn1)/c1ccccc1. The van der Waals surface area contributed by atoms with Crippen molar-refractivity contribution in [1.82, 2.24) is 20.4 Å². The van der Waals surface area contributed by atoms with Gasteiger partial charge in [0.15, 0.2) is 5.82 Å². The summed E-state index contributed by atoms with van der Waals surface area (Å²) < 4.78 is 0. The van der Waals surface area contributed by atoms with Crippen LogP contribution in [0.15, 0.2) is 47.2 Å². The Balaban J connectivity index is 1.78.